The molecule has 0 spiro atoms. The Bertz CT molecular complexity index is 886. The lowest BCUT2D eigenvalue weighted by molar-refractivity contribution is -0.148. The topological polar surface area (TPSA) is 65.5 Å². The van der Waals surface area contributed by atoms with E-state index in [2.05, 4.69) is 44.0 Å². The number of ether oxygens (including phenoxy) is 2. The predicted octanol–water partition coefficient (Wildman–Crippen LogP) is 5.92. The van der Waals surface area contributed by atoms with Crippen molar-refractivity contribution < 1.29 is 19.1 Å². The van der Waals surface area contributed by atoms with E-state index in [4.69, 9.17) is 9.47 Å². The largest absolute Gasteiger partial charge is 0.462 e. The van der Waals surface area contributed by atoms with E-state index in [1.165, 1.54) is 18.6 Å². The summed E-state index contributed by atoms with van der Waals surface area (Å²) < 4.78 is 11.6. The van der Waals surface area contributed by atoms with Crippen LogP contribution in [0.15, 0.2) is 54.3 Å². The lowest BCUT2D eigenvalue weighted by atomic mass is 9.64. The molecule has 0 N–H and O–H groups in total. The number of esters is 2. The van der Waals surface area contributed by atoms with Crippen molar-refractivity contribution in [2.45, 2.75) is 72.0 Å². The fraction of sp³-hybridized carbons (Fsp3) is 0.536. The van der Waals surface area contributed by atoms with Crippen molar-refractivity contribution in [2.75, 3.05) is 0 Å². The van der Waals surface area contributed by atoms with E-state index in [0.29, 0.717) is 36.5 Å². The summed E-state index contributed by atoms with van der Waals surface area (Å²) in [6, 6.07) is 5.58. The highest BCUT2D eigenvalue weighted by Gasteiger charge is 2.38. The molecule has 0 radical (unpaired) electrons. The normalized spacial score (nSPS) is 28.2. The van der Waals surface area contributed by atoms with E-state index >= 15 is 0 Å². The third kappa shape index (κ3) is 7.41. The molecule has 1 heterocycles. The van der Waals surface area contributed by atoms with Crippen LogP contribution < -0.4 is 0 Å². The van der Waals surface area contributed by atoms with Gasteiger partial charge in [-0.3, -0.25) is 9.78 Å². The number of pyridine rings is 1. The van der Waals surface area contributed by atoms with Gasteiger partial charge in [-0.1, -0.05) is 43.7 Å². The maximum absolute atomic E-state index is 12.6. The predicted molar refractivity (Wildman–Crippen MR) is 130 cm³/mol. The van der Waals surface area contributed by atoms with Crippen molar-refractivity contribution in [1.29, 1.82) is 0 Å². The summed E-state index contributed by atoms with van der Waals surface area (Å²) in [5, 5.41) is 0. The van der Waals surface area contributed by atoms with Gasteiger partial charge in [0.2, 0.25) is 0 Å². The summed E-state index contributed by atoms with van der Waals surface area (Å²) in [5.41, 5.74) is 2.08. The molecule has 33 heavy (non-hydrogen) atoms. The molecule has 1 aromatic heterocycles. The number of carbonyl (C=O) groups excluding carboxylic acids is 2. The van der Waals surface area contributed by atoms with Crippen LogP contribution >= 0.6 is 0 Å². The van der Waals surface area contributed by atoms with E-state index in [9.17, 15) is 9.59 Å². The zero-order valence-corrected chi connectivity index (χ0v) is 20.3. The summed E-state index contributed by atoms with van der Waals surface area (Å²) in [7, 11) is 0. The van der Waals surface area contributed by atoms with Crippen LogP contribution in [0.5, 0.6) is 0 Å². The van der Waals surface area contributed by atoms with Gasteiger partial charge in [-0.2, -0.15) is 0 Å². The van der Waals surface area contributed by atoms with E-state index < -0.39 is 0 Å². The van der Waals surface area contributed by atoms with E-state index in [1.807, 2.05) is 18.2 Å². The average molecular weight is 452 g/mol. The number of hydrogen-bond donors (Lipinski definition) is 0. The number of aromatic nitrogens is 1. The van der Waals surface area contributed by atoms with Crippen molar-refractivity contribution in [3.63, 3.8) is 0 Å². The summed E-state index contributed by atoms with van der Waals surface area (Å²) in [4.78, 5) is 28.5. The molecule has 3 rings (SSSR count). The molecule has 5 nitrogen and oxygen atoms in total. The molecule has 2 aliphatic rings. The second-order valence-electron chi connectivity index (χ2n) is 9.65. The SMILES string of the molecule is CC(=O)OC1CC=CCC(OC(=O)C=Cc2ccccn2)CC2C(C)=CCC(C(C)C)C2C1. The van der Waals surface area contributed by atoms with Crippen LogP contribution in [-0.4, -0.2) is 29.1 Å². The van der Waals surface area contributed by atoms with Gasteiger partial charge in [0.25, 0.3) is 0 Å². The number of rotatable bonds is 5. The Morgan fingerprint density at radius 2 is 1.79 bits per heavy atom. The molecular formula is C28H37NO4. The first-order valence-corrected chi connectivity index (χ1v) is 12.1. The average Bonchev–Trinajstić information content (AvgIpc) is 2.77. The molecule has 5 unspecified atom stereocenters. The molecule has 0 bridgehead atoms. The van der Waals surface area contributed by atoms with E-state index in [0.717, 1.165) is 25.0 Å². The Morgan fingerprint density at radius 1 is 1.06 bits per heavy atom. The number of hydrogen-bond acceptors (Lipinski definition) is 5. The summed E-state index contributed by atoms with van der Waals surface area (Å²) in [5.74, 6) is 1.16. The highest BCUT2D eigenvalue weighted by atomic mass is 16.5. The van der Waals surface area contributed by atoms with Gasteiger partial charge in [-0.25, -0.2) is 4.79 Å². The van der Waals surface area contributed by atoms with Crippen LogP contribution in [0, 0.1) is 23.7 Å². The molecule has 0 aromatic carbocycles. The molecule has 0 fully saturated rings. The lowest BCUT2D eigenvalue weighted by Gasteiger charge is -2.42. The van der Waals surface area contributed by atoms with Crippen molar-refractivity contribution in [2.24, 2.45) is 23.7 Å². The Kier molecular flexibility index (Phi) is 9.04. The molecule has 5 atom stereocenters. The molecule has 0 amide bonds. The molecule has 178 valence electrons. The highest BCUT2D eigenvalue weighted by Crippen LogP contribution is 2.44. The van der Waals surface area contributed by atoms with Crippen LogP contribution in [0.3, 0.4) is 0 Å². The van der Waals surface area contributed by atoms with Gasteiger partial charge in [0.05, 0.1) is 5.69 Å². The van der Waals surface area contributed by atoms with Gasteiger partial charge >= 0.3 is 11.9 Å². The highest BCUT2D eigenvalue weighted by molar-refractivity contribution is 5.86. The summed E-state index contributed by atoms with van der Waals surface area (Å²) in [6.45, 7) is 8.22. The molecule has 5 heteroatoms. The van der Waals surface area contributed by atoms with Gasteiger partial charge in [0.1, 0.15) is 12.2 Å². The number of nitrogens with zero attached hydrogens (tertiary/aromatic N) is 1. The number of carbonyl (C=O) groups is 2. The van der Waals surface area contributed by atoms with Crippen LogP contribution in [0.25, 0.3) is 6.08 Å². The second-order valence-corrected chi connectivity index (χ2v) is 9.65. The molecular weight excluding hydrogens is 414 g/mol. The standard InChI is InChI=1S/C28H37NO4/c1-19(2)25-14-12-20(3)26-17-24(33-28(31)15-13-22-9-7-8-16-29-22)11-6-5-10-23(18-27(25)26)32-21(4)30/h5-9,12-13,15-16,19,23-27H,10-11,14,17-18H2,1-4H3. The maximum atomic E-state index is 12.6. The lowest BCUT2D eigenvalue weighted by Crippen LogP contribution is -2.37. The smallest absolute Gasteiger partial charge is 0.331 e. The van der Waals surface area contributed by atoms with Gasteiger partial charge in [0.15, 0.2) is 0 Å². The fourth-order valence-electron chi connectivity index (χ4n) is 5.28. The summed E-state index contributed by atoms with van der Waals surface area (Å²) in [6.07, 6.45) is 15.0. The van der Waals surface area contributed by atoms with Gasteiger partial charge < -0.3 is 9.47 Å². The Balaban J connectivity index is 1.80. The first-order valence-electron chi connectivity index (χ1n) is 12.1. The molecule has 0 saturated carbocycles. The van der Waals surface area contributed by atoms with E-state index in [1.54, 1.807) is 12.3 Å². The van der Waals surface area contributed by atoms with Crippen LogP contribution in [0.1, 0.15) is 65.5 Å². The number of allylic oxidation sites excluding steroid dienone is 2. The fourth-order valence-corrected chi connectivity index (χ4v) is 5.28. The van der Waals surface area contributed by atoms with Crippen molar-refractivity contribution in [3.8, 4) is 0 Å². The third-order valence-electron chi connectivity index (χ3n) is 6.93. The first kappa shape index (κ1) is 24.9. The van der Waals surface area contributed by atoms with Crippen LogP contribution in [-0.2, 0) is 19.1 Å². The maximum Gasteiger partial charge on any atom is 0.331 e. The minimum absolute atomic E-state index is 0.112. The quantitative estimate of drug-likeness (QED) is 0.316. The first-order chi connectivity index (χ1) is 15.8. The molecule has 0 aliphatic heterocycles. The van der Waals surface area contributed by atoms with E-state index in [-0.39, 0.29) is 24.1 Å². The second kappa shape index (κ2) is 12.0. The van der Waals surface area contributed by atoms with Gasteiger partial charge in [0, 0.05) is 32.0 Å². The Morgan fingerprint density at radius 3 is 2.42 bits per heavy atom. The monoisotopic (exact) mass is 451 g/mol. The Labute approximate surface area is 198 Å². The van der Waals surface area contributed by atoms with Crippen molar-refractivity contribution in [1.82, 2.24) is 4.98 Å². The zero-order chi connectivity index (χ0) is 23.8. The Hall–Kier alpha value is -2.69. The molecule has 0 saturated heterocycles. The minimum Gasteiger partial charge on any atom is -0.462 e. The molecule has 2 aliphatic carbocycles. The van der Waals surface area contributed by atoms with Crippen LogP contribution in [0.2, 0.25) is 0 Å². The van der Waals surface area contributed by atoms with Crippen LogP contribution in [0.4, 0.5) is 0 Å². The van der Waals surface area contributed by atoms with Gasteiger partial charge in [-0.05, 0) is 68.1 Å². The minimum atomic E-state index is -0.344. The zero-order valence-electron chi connectivity index (χ0n) is 20.3. The van der Waals surface area contributed by atoms with Crippen molar-refractivity contribution in [3.05, 3.63) is 60.0 Å². The van der Waals surface area contributed by atoms with Crippen molar-refractivity contribution >= 4 is 18.0 Å². The summed E-state index contributed by atoms with van der Waals surface area (Å²) >= 11 is 0. The molecule has 1 aromatic rings. The van der Waals surface area contributed by atoms with Gasteiger partial charge in [-0.15, -0.1) is 0 Å². The third-order valence-corrected chi connectivity index (χ3v) is 6.93. The number of fused-ring (bicyclic) bond motifs is 1.